The molecular formula is C19H20Br2N2O4. The molecule has 0 aliphatic carbocycles. The molecule has 0 saturated heterocycles. The van der Waals surface area contributed by atoms with Crippen LogP contribution in [-0.4, -0.2) is 38.7 Å². The summed E-state index contributed by atoms with van der Waals surface area (Å²) in [7, 11) is 1.56. The van der Waals surface area contributed by atoms with Crippen LogP contribution in [0.5, 0.6) is 5.75 Å². The van der Waals surface area contributed by atoms with E-state index in [1.165, 1.54) is 0 Å². The number of rotatable bonds is 8. The Bertz CT molecular complexity index is 804. The highest BCUT2D eigenvalue weighted by atomic mass is 79.9. The number of methoxy groups -OCH3 is 1. The van der Waals surface area contributed by atoms with Crippen LogP contribution in [0.1, 0.15) is 15.9 Å². The van der Waals surface area contributed by atoms with Crippen molar-refractivity contribution in [1.29, 1.82) is 0 Å². The quantitative estimate of drug-likeness (QED) is 0.540. The number of nitrogens with one attached hydrogen (secondary N) is 2. The maximum absolute atomic E-state index is 12.3. The molecule has 27 heavy (non-hydrogen) atoms. The first-order valence-electron chi connectivity index (χ1n) is 8.17. The maximum atomic E-state index is 12.3. The molecule has 0 saturated carbocycles. The Hall–Kier alpha value is -1.90. The molecule has 0 atom stereocenters. The molecule has 2 amide bonds. The average molecular weight is 500 g/mol. The highest BCUT2D eigenvalue weighted by molar-refractivity contribution is 9.11. The molecule has 0 radical (unpaired) electrons. The van der Waals surface area contributed by atoms with E-state index in [2.05, 4.69) is 42.5 Å². The van der Waals surface area contributed by atoms with Crippen molar-refractivity contribution in [3.05, 3.63) is 56.5 Å². The molecule has 0 aromatic heterocycles. The molecule has 0 aliphatic rings. The summed E-state index contributed by atoms with van der Waals surface area (Å²) in [5, 5.41) is 5.46. The number of para-hydroxylation sites is 1. The number of halogens is 2. The fraction of sp³-hybridized carbons (Fsp3) is 0.263. The van der Waals surface area contributed by atoms with Crippen LogP contribution < -0.4 is 15.4 Å². The summed E-state index contributed by atoms with van der Waals surface area (Å²) in [6.07, 6.45) is 0. The number of hydrogen-bond donors (Lipinski definition) is 2. The summed E-state index contributed by atoms with van der Waals surface area (Å²) >= 11 is 6.83. The second-order valence-corrected chi connectivity index (χ2v) is 7.43. The van der Waals surface area contributed by atoms with Crippen molar-refractivity contribution < 1.29 is 19.1 Å². The van der Waals surface area contributed by atoms with Crippen LogP contribution >= 0.6 is 31.9 Å². The Balaban J connectivity index is 2.01. The lowest BCUT2D eigenvalue weighted by atomic mass is 10.1. The van der Waals surface area contributed by atoms with Crippen LogP contribution in [0.3, 0.4) is 0 Å². The van der Waals surface area contributed by atoms with E-state index in [1.807, 2.05) is 19.1 Å². The number of carbonyl (C=O) groups excluding carboxylic acids is 2. The minimum absolute atomic E-state index is 0.180. The van der Waals surface area contributed by atoms with Gasteiger partial charge in [0.2, 0.25) is 0 Å². The van der Waals surface area contributed by atoms with Crippen molar-refractivity contribution in [2.24, 2.45) is 0 Å². The van der Waals surface area contributed by atoms with E-state index in [-0.39, 0.29) is 18.4 Å². The van der Waals surface area contributed by atoms with Gasteiger partial charge in [-0.15, -0.1) is 0 Å². The van der Waals surface area contributed by atoms with Gasteiger partial charge in [-0.25, -0.2) is 0 Å². The zero-order valence-corrected chi connectivity index (χ0v) is 18.1. The molecule has 2 aromatic carbocycles. The second kappa shape index (κ2) is 10.4. The van der Waals surface area contributed by atoms with Gasteiger partial charge in [0.05, 0.1) is 22.3 Å². The van der Waals surface area contributed by atoms with Gasteiger partial charge in [0.15, 0.2) is 6.61 Å². The van der Waals surface area contributed by atoms with Crippen LogP contribution in [0.2, 0.25) is 0 Å². The fourth-order valence-electron chi connectivity index (χ4n) is 2.35. The minimum atomic E-state index is -0.360. The summed E-state index contributed by atoms with van der Waals surface area (Å²) in [4.78, 5) is 24.6. The second-order valence-electron chi connectivity index (χ2n) is 5.66. The minimum Gasteiger partial charge on any atom is -0.482 e. The van der Waals surface area contributed by atoms with E-state index >= 15 is 0 Å². The largest absolute Gasteiger partial charge is 0.482 e. The molecule has 8 heteroatoms. The molecule has 2 aromatic rings. The Morgan fingerprint density at radius 3 is 2.59 bits per heavy atom. The molecule has 2 N–H and O–H groups in total. The smallest absolute Gasteiger partial charge is 0.262 e. The molecular weight excluding hydrogens is 480 g/mol. The summed E-state index contributed by atoms with van der Waals surface area (Å²) < 4.78 is 12.2. The van der Waals surface area contributed by atoms with Gasteiger partial charge < -0.3 is 20.1 Å². The normalized spacial score (nSPS) is 10.4. The van der Waals surface area contributed by atoms with Crippen LogP contribution in [0, 0.1) is 6.92 Å². The Kier molecular flexibility index (Phi) is 8.27. The predicted octanol–water partition coefficient (Wildman–Crippen LogP) is 3.91. The van der Waals surface area contributed by atoms with Gasteiger partial charge in [0.25, 0.3) is 11.8 Å². The zero-order valence-electron chi connectivity index (χ0n) is 15.0. The third kappa shape index (κ3) is 6.34. The number of benzene rings is 2. The maximum Gasteiger partial charge on any atom is 0.262 e. The van der Waals surface area contributed by atoms with Gasteiger partial charge in [-0.1, -0.05) is 28.1 Å². The van der Waals surface area contributed by atoms with Crippen LogP contribution in [0.25, 0.3) is 0 Å². The van der Waals surface area contributed by atoms with E-state index < -0.39 is 0 Å². The monoisotopic (exact) mass is 498 g/mol. The molecule has 0 spiro atoms. The summed E-state index contributed by atoms with van der Waals surface area (Å²) in [6, 6.07) is 10.5. The van der Waals surface area contributed by atoms with Gasteiger partial charge >= 0.3 is 0 Å². The SMILES string of the molecule is COCCNC(=O)c1ccccc1NC(=O)COc1c(C)cc(Br)cc1Br. The number of carbonyl (C=O) groups is 2. The first-order chi connectivity index (χ1) is 12.9. The van der Waals surface area contributed by atoms with E-state index in [0.717, 1.165) is 14.5 Å². The molecule has 2 rings (SSSR count). The summed E-state index contributed by atoms with van der Waals surface area (Å²) in [5.74, 6) is -0.0457. The fourth-order valence-corrected chi connectivity index (χ4v) is 3.90. The Labute approximate surface area is 174 Å². The Morgan fingerprint density at radius 2 is 1.89 bits per heavy atom. The topological polar surface area (TPSA) is 76.7 Å². The van der Waals surface area contributed by atoms with Gasteiger partial charge in [-0.05, 0) is 52.7 Å². The van der Waals surface area contributed by atoms with E-state index in [4.69, 9.17) is 9.47 Å². The van der Waals surface area contributed by atoms with Crippen molar-refractivity contribution in [3.8, 4) is 5.75 Å². The van der Waals surface area contributed by atoms with Crippen molar-refractivity contribution in [2.75, 3.05) is 32.2 Å². The van der Waals surface area contributed by atoms with E-state index in [1.54, 1.807) is 31.4 Å². The first-order valence-corrected chi connectivity index (χ1v) is 9.75. The number of ether oxygens (including phenoxy) is 2. The number of aryl methyl sites for hydroxylation is 1. The van der Waals surface area contributed by atoms with Crippen molar-refractivity contribution in [2.45, 2.75) is 6.92 Å². The first kappa shape index (κ1) is 21.4. The van der Waals surface area contributed by atoms with E-state index in [0.29, 0.717) is 30.2 Å². The lowest BCUT2D eigenvalue weighted by molar-refractivity contribution is -0.118. The number of anilines is 1. The standard InChI is InChI=1S/C19H20Br2N2O4/c1-12-9-13(20)10-15(21)18(12)27-11-17(24)23-16-6-4-3-5-14(16)19(25)22-7-8-26-2/h3-6,9-10H,7-8,11H2,1-2H3,(H,22,25)(H,23,24). The predicted molar refractivity (Wildman–Crippen MR) is 111 cm³/mol. The Morgan fingerprint density at radius 1 is 1.15 bits per heavy atom. The number of amides is 2. The molecule has 0 heterocycles. The summed E-state index contributed by atoms with van der Waals surface area (Å²) in [6.45, 7) is 2.51. The molecule has 144 valence electrons. The van der Waals surface area contributed by atoms with Gasteiger partial charge in [0, 0.05) is 18.1 Å². The van der Waals surface area contributed by atoms with Crippen LogP contribution in [-0.2, 0) is 9.53 Å². The lowest BCUT2D eigenvalue weighted by Gasteiger charge is -2.13. The van der Waals surface area contributed by atoms with Gasteiger partial charge in [0.1, 0.15) is 5.75 Å². The van der Waals surface area contributed by atoms with E-state index in [9.17, 15) is 9.59 Å². The molecule has 0 unspecified atom stereocenters. The lowest BCUT2D eigenvalue weighted by Crippen LogP contribution is -2.29. The molecule has 0 aliphatic heterocycles. The van der Waals surface area contributed by atoms with Crippen LogP contribution in [0.4, 0.5) is 5.69 Å². The average Bonchev–Trinajstić information content (AvgIpc) is 2.61. The van der Waals surface area contributed by atoms with Gasteiger partial charge in [-0.2, -0.15) is 0 Å². The summed E-state index contributed by atoms with van der Waals surface area (Å²) in [5.41, 5.74) is 1.69. The third-order valence-electron chi connectivity index (χ3n) is 3.58. The molecule has 0 fully saturated rings. The number of hydrogen-bond acceptors (Lipinski definition) is 4. The molecule has 6 nitrogen and oxygen atoms in total. The zero-order chi connectivity index (χ0) is 19.8. The van der Waals surface area contributed by atoms with Crippen LogP contribution in [0.15, 0.2) is 45.3 Å². The molecule has 0 bridgehead atoms. The van der Waals surface area contributed by atoms with Crippen molar-refractivity contribution >= 4 is 49.4 Å². The van der Waals surface area contributed by atoms with Crippen molar-refractivity contribution in [3.63, 3.8) is 0 Å². The van der Waals surface area contributed by atoms with Gasteiger partial charge in [-0.3, -0.25) is 9.59 Å². The highest BCUT2D eigenvalue weighted by Crippen LogP contribution is 2.32. The highest BCUT2D eigenvalue weighted by Gasteiger charge is 2.14. The van der Waals surface area contributed by atoms with Crippen molar-refractivity contribution in [1.82, 2.24) is 5.32 Å². The third-order valence-corrected chi connectivity index (χ3v) is 4.63.